The minimum absolute atomic E-state index is 0.846. The molecule has 0 aliphatic rings. The summed E-state index contributed by atoms with van der Waals surface area (Å²) in [5.41, 5.74) is 3.20. The first-order valence-electron chi connectivity index (χ1n) is 9.09. The van der Waals surface area contributed by atoms with Crippen molar-refractivity contribution < 1.29 is 0 Å². The summed E-state index contributed by atoms with van der Waals surface area (Å²) in [6.45, 7) is 8.38. The van der Waals surface area contributed by atoms with Crippen LogP contribution < -0.4 is 5.32 Å². The Balaban J connectivity index is 1.76. The van der Waals surface area contributed by atoms with Crippen LogP contribution in [0, 0.1) is 0 Å². The zero-order chi connectivity index (χ0) is 18.4. The average molecular weight is 417 g/mol. The van der Waals surface area contributed by atoms with Crippen molar-refractivity contribution in [2.45, 2.75) is 26.7 Å². The van der Waals surface area contributed by atoms with Crippen LogP contribution in [0.15, 0.2) is 41.3 Å². The predicted molar refractivity (Wildman–Crippen MR) is 109 cm³/mol. The van der Waals surface area contributed by atoms with Gasteiger partial charge in [-0.3, -0.25) is 4.98 Å². The summed E-state index contributed by atoms with van der Waals surface area (Å²) in [4.78, 5) is 11.3. The van der Waals surface area contributed by atoms with E-state index in [1.54, 1.807) is 12.4 Å². The minimum atomic E-state index is 0.846. The number of rotatable bonds is 9. The summed E-state index contributed by atoms with van der Waals surface area (Å²) < 4.78 is 2.82. The van der Waals surface area contributed by atoms with E-state index in [0.29, 0.717) is 0 Å². The Kier molecular flexibility index (Phi) is 6.57. The van der Waals surface area contributed by atoms with Crippen LogP contribution >= 0.6 is 15.9 Å². The Morgan fingerprint density at radius 3 is 2.77 bits per heavy atom. The van der Waals surface area contributed by atoms with Gasteiger partial charge in [-0.15, -0.1) is 0 Å². The summed E-state index contributed by atoms with van der Waals surface area (Å²) >= 11 is 3.55. The Morgan fingerprint density at radius 2 is 2.04 bits per heavy atom. The van der Waals surface area contributed by atoms with Crippen LogP contribution in [-0.4, -0.2) is 50.7 Å². The molecule has 0 fully saturated rings. The van der Waals surface area contributed by atoms with Crippen LogP contribution in [0.25, 0.3) is 5.65 Å². The molecule has 3 aromatic heterocycles. The fraction of sp³-hybridized carbons (Fsp3) is 0.421. The van der Waals surface area contributed by atoms with E-state index in [9.17, 15) is 0 Å². The van der Waals surface area contributed by atoms with Gasteiger partial charge in [-0.05, 0) is 53.5 Å². The smallest absolute Gasteiger partial charge is 0.171 e. The van der Waals surface area contributed by atoms with Gasteiger partial charge in [0.05, 0.1) is 10.7 Å². The second-order valence-electron chi connectivity index (χ2n) is 6.18. The summed E-state index contributed by atoms with van der Waals surface area (Å²) in [6, 6.07) is 6.18. The third kappa shape index (κ3) is 4.59. The van der Waals surface area contributed by atoms with E-state index >= 15 is 0 Å². The standard InChI is InChI=1S/C19H25BrN6/c1-3-25(4-2)11-10-22-18-12-16(8-7-15-6-5-9-21-13-15)26-19(24-18)17(20)14-23-26/h5-6,9,12-14H,3-4,7-8,10-11H2,1-2H3,(H,22,24). The lowest BCUT2D eigenvalue weighted by Crippen LogP contribution is -2.28. The molecule has 6 nitrogen and oxygen atoms in total. The zero-order valence-electron chi connectivity index (χ0n) is 15.3. The van der Waals surface area contributed by atoms with E-state index in [1.165, 1.54) is 5.56 Å². The lowest BCUT2D eigenvalue weighted by Gasteiger charge is -2.18. The van der Waals surface area contributed by atoms with Crippen LogP contribution in [0.4, 0.5) is 5.82 Å². The van der Waals surface area contributed by atoms with Crippen LogP contribution in [0.5, 0.6) is 0 Å². The maximum Gasteiger partial charge on any atom is 0.171 e. The molecule has 26 heavy (non-hydrogen) atoms. The van der Waals surface area contributed by atoms with Gasteiger partial charge in [-0.1, -0.05) is 19.9 Å². The van der Waals surface area contributed by atoms with Crippen molar-refractivity contribution in [2.24, 2.45) is 0 Å². The average Bonchev–Trinajstić information content (AvgIpc) is 3.05. The normalized spacial score (nSPS) is 11.4. The molecule has 0 saturated heterocycles. The lowest BCUT2D eigenvalue weighted by molar-refractivity contribution is 0.316. The van der Waals surface area contributed by atoms with Crippen LogP contribution in [0.2, 0.25) is 0 Å². The zero-order valence-corrected chi connectivity index (χ0v) is 16.9. The topological polar surface area (TPSA) is 58.4 Å². The van der Waals surface area contributed by atoms with Crippen molar-refractivity contribution in [2.75, 3.05) is 31.5 Å². The van der Waals surface area contributed by atoms with Gasteiger partial charge in [0, 0.05) is 37.2 Å². The number of nitrogens with zero attached hydrogens (tertiary/aromatic N) is 5. The lowest BCUT2D eigenvalue weighted by atomic mass is 10.1. The number of hydrogen-bond acceptors (Lipinski definition) is 5. The minimum Gasteiger partial charge on any atom is -0.369 e. The molecule has 1 N–H and O–H groups in total. The molecule has 0 atom stereocenters. The quantitative estimate of drug-likeness (QED) is 0.578. The number of hydrogen-bond donors (Lipinski definition) is 1. The first-order valence-corrected chi connectivity index (χ1v) is 9.88. The number of nitrogens with one attached hydrogen (secondary N) is 1. The highest BCUT2D eigenvalue weighted by Gasteiger charge is 2.11. The molecule has 7 heteroatoms. The van der Waals surface area contributed by atoms with E-state index in [-0.39, 0.29) is 0 Å². The summed E-state index contributed by atoms with van der Waals surface area (Å²) in [7, 11) is 0. The predicted octanol–water partition coefficient (Wildman–Crippen LogP) is 3.43. The molecule has 3 rings (SSSR count). The number of likely N-dealkylation sites (N-methyl/N-ethyl adjacent to an activating group) is 1. The molecule has 0 aromatic carbocycles. The van der Waals surface area contributed by atoms with Crippen molar-refractivity contribution in [1.29, 1.82) is 0 Å². The summed E-state index contributed by atoms with van der Waals surface area (Å²) in [6.07, 6.45) is 7.32. The monoisotopic (exact) mass is 416 g/mol. The SMILES string of the molecule is CCN(CC)CCNc1cc(CCc2cccnc2)n2ncc(Br)c2n1. The Hall–Kier alpha value is -1.99. The molecular weight excluding hydrogens is 392 g/mol. The molecular formula is C19H25BrN6. The molecule has 0 amide bonds. The van der Waals surface area contributed by atoms with Crippen LogP contribution in [0.1, 0.15) is 25.1 Å². The molecule has 0 unspecified atom stereocenters. The van der Waals surface area contributed by atoms with Gasteiger partial charge in [0.2, 0.25) is 0 Å². The van der Waals surface area contributed by atoms with Crippen molar-refractivity contribution in [3.8, 4) is 0 Å². The molecule has 3 aromatic rings. The molecule has 0 bridgehead atoms. The number of pyridine rings is 1. The molecule has 0 aliphatic carbocycles. The summed E-state index contributed by atoms with van der Waals surface area (Å²) in [5.74, 6) is 0.895. The molecule has 0 saturated carbocycles. The first-order chi connectivity index (χ1) is 12.7. The molecule has 138 valence electrons. The van der Waals surface area contributed by atoms with Gasteiger partial charge < -0.3 is 10.2 Å². The number of anilines is 1. The van der Waals surface area contributed by atoms with Gasteiger partial charge in [0.1, 0.15) is 5.82 Å². The van der Waals surface area contributed by atoms with E-state index in [4.69, 9.17) is 4.98 Å². The van der Waals surface area contributed by atoms with Gasteiger partial charge in [-0.2, -0.15) is 5.10 Å². The maximum absolute atomic E-state index is 4.71. The van der Waals surface area contributed by atoms with E-state index < -0.39 is 0 Å². The highest BCUT2D eigenvalue weighted by Crippen LogP contribution is 2.20. The Bertz CT molecular complexity index is 829. The second kappa shape index (κ2) is 9.09. The maximum atomic E-state index is 4.71. The molecule has 0 spiro atoms. The van der Waals surface area contributed by atoms with Gasteiger partial charge in [0.25, 0.3) is 0 Å². The molecule has 0 radical (unpaired) electrons. The van der Waals surface area contributed by atoms with Crippen LogP contribution in [-0.2, 0) is 12.8 Å². The van der Waals surface area contributed by atoms with Gasteiger partial charge in [-0.25, -0.2) is 9.50 Å². The highest BCUT2D eigenvalue weighted by molar-refractivity contribution is 9.10. The van der Waals surface area contributed by atoms with Crippen molar-refractivity contribution >= 4 is 27.4 Å². The Morgan fingerprint density at radius 1 is 1.19 bits per heavy atom. The second-order valence-corrected chi connectivity index (χ2v) is 7.03. The molecule has 0 aliphatic heterocycles. The van der Waals surface area contributed by atoms with Gasteiger partial charge in [0.15, 0.2) is 5.65 Å². The fourth-order valence-electron chi connectivity index (χ4n) is 2.97. The fourth-order valence-corrected chi connectivity index (χ4v) is 3.32. The number of aryl methyl sites for hydroxylation is 2. The third-order valence-corrected chi connectivity index (χ3v) is 5.08. The number of aromatic nitrogens is 4. The van der Waals surface area contributed by atoms with Gasteiger partial charge >= 0.3 is 0 Å². The van der Waals surface area contributed by atoms with Crippen molar-refractivity contribution in [1.82, 2.24) is 24.5 Å². The van der Waals surface area contributed by atoms with E-state index in [1.807, 2.05) is 16.8 Å². The molecule has 3 heterocycles. The van der Waals surface area contributed by atoms with Crippen molar-refractivity contribution in [3.05, 3.63) is 52.5 Å². The number of halogens is 1. The largest absolute Gasteiger partial charge is 0.369 e. The number of fused-ring (bicyclic) bond motifs is 1. The Labute approximate surface area is 162 Å². The van der Waals surface area contributed by atoms with E-state index in [0.717, 1.165) is 60.7 Å². The third-order valence-electron chi connectivity index (χ3n) is 4.52. The van der Waals surface area contributed by atoms with Crippen LogP contribution in [0.3, 0.4) is 0 Å². The summed E-state index contributed by atoms with van der Waals surface area (Å²) in [5, 5.41) is 7.93. The first kappa shape index (κ1) is 18.8. The van der Waals surface area contributed by atoms with Crippen molar-refractivity contribution in [3.63, 3.8) is 0 Å². The van der Waals surface area contributed by atoms with E-state index in [2.05, 4.69) is 62.2 Å². The highest BCUT2D eigenvalue weighted by atomic mass is 79.9.